The normalized spacial score (nSPS) is 11.0. The van der Waals surface area contributed by atoms with Gasteiger partial charge in [-0.1, -0.05) is 94.3 Å². The van der Waals surface area contributed by atoms with E-state index in [0.29, 0.717) is 0 Å². The van der Waals surface area contributed by atoms with Crippen molar-refractivity contribution in [1.82, 2.24) is 0 Å². The number of nitrogens with one attached hydrogen (secondary N) is 2. The molecule has 0 aliphatic rings. The molecule has 300 valence electrons. The van der Waals surface area contributed by atoms with Crippen molar-refractivity contribution in [2.45, 2.75) is 12.7 Å². The first-order valence-electron chi connectivity index (χ1n) is 16.6. The fraction of sp³-hybridized carbons (Fsp3) is 0.0476. The summed E-state index contributed by atoms with van der Waals surface area (Å²) in [5.41, 5.74) is 10.1. The molecule has 2 amide bonds. The Morgan fingerprint density at radius 2 is 0.741 bits per heavy atom. The topological polar surface area (TPSA) is 84.4 Å². The number of amides is 2. The zero-order valence-corrected chi connectivity index (χ0v) is 31.5. The lowest BCUT2D eigenvalue weighted by Gasteiger charge is -2.09. The SMILES string of the molecule is Cl.O=C(/C=C/c1ccc(-c2ccc(OC(F)(F)F)cc2)cc1)N[n+]1ccccc1.O=C(/C=C/c1ccc(-c2ccc(OC(F)(F)F)cc2)cc1)N[n+]1ccccc1.[Cl-]. The van der Waals surface area contributed by atoms with Crippen LogP contribution in [0.15, 0.2) is 170 Å². The smallest absolute Gasteiger partial charge is 0.573 e. The molecular formula is C42H33Cl2F6N4O4+. The van der Waals surface area contributed by atoms with Crippen LogP contribution in [0.1, 0.15) is 11.1 Å². The van der Waals surface area contributed by atoms with Crippen LogP contribution in [-0.4, -0.2) is 24.5 Å². The number of rotatable bonds is 10. The number of hydrogen-bond donors (Lipinski definition) is 2. The van der Waals surface area contributed by atoms with Crippen LogP contribution in [0, 0.1) is 0 Å². The van der Waals surface area contributed by atoms with Gasteiger partial charge in [0.1, 0.15) is 11.5 Å². The Balaban J connectivity index is 0.000000300. The maximum atomic E-state index is 12.2. The summed E-state index contributed by atoms with van der Waals surface area (Å²) < 4.78 is 84.0. The number of carbonyl (C=O) groups excluding carboxylic acids is 2. The van der Waals surface area contributed by atoms with E-state index in [1.807, 2.05) is 60.7 Å². The quantitative estimate of drug-likeness (QED) is 0.0998. The predicted octanol–water partition coefficient (Wildman–Crippen LogP) is 6.07. The zero-order chi connectivity index (χ0) is 40.0. The molecule has 4 aromatic carbocycles. The molecule has 2 N–H and O–H groups in total. The van der Waals surface area contributed by atoms with Crippen molar-refractivity contribution in [3.05, 3.63) is 182 Å². The van der Waals surface area contributed by atoms with Crippen LogP contribution in [0.5, 0.6) is 11.5 Å². The summed E-state index contributed by atoms with van der Waals surface area (Å²) in [5.74, 6) is -1.09. The van der Waals surface area contributed by atoms with E-state index in [4.69, 9.17) is 0 Å². The minimum absolute atomic E-state index is 0. The molecule has 0 aliphatic carbocycles. The highest BCUT2D eigenvalue weighted by Gasteiger charge is 2.31. The first kappa shape index (κ1) is 45.7. The fourth-order valence-electron chi connectivity index (χ4n) is 4.89. The van der Waals surface area contributed by atoms with Gasteiger partial charge in [-0.3, -0.25) is 9.59 Å². The van der Waals surface area contributed by atoms with Crippen LogP contribution in [0.2, 0.25) is 0 Å². The van der Waals surface area contributed by atoms with Crippen LogP contribution >= 0.6 is 12.4 Å². The summed E-state index contributed by atoms with van der Waals surface area (Å²) >= 11 is 0. The maximum Gasteiger partial charge on any atom is 0.573 e. The van der Waals surface area contributed by atoms with Gasteiger partial charge in [0.25, 0.3) is 11.8 Å². The fourth-order valence-corrected chi connectivity index (χ4v) is 4.89. The highest BCUT2D eigenvalue weighted by atomic mass is 35.5. The van der Waals surface area contributed by atoms with Gasteiger partial charge in [0, 0.05) is 36.4 Å². The predicted molar refractivity (Wildman–Crippen MR) is 204 cm³/mol. The molecule has 0 fully saturated rings. The minimum Gasteiger partial charge on any atom is -1.00 e. The molecule has 8 nitrogen and oxygen atoms in total. The Kier molecular flexibility index (Phi) is 17.0. The highest BCUT2D eigenvalue weighted by molar-refractivity contribution is 5.96. The number of pyridine rings is 2. The third-order valence-corrected chi connectivity index (χ3v) is 7.43. The lowest BCUT2D eigenvalue weighted by Crippen LogP contribution is -3.00. The van der Waals surface area contributed by atoms with Crippen LogP contribution in [0.4, 0.5) is 26.3 Å². The first-order valence-corrected chi connectivity index (χ1v) is 16.6. The Hall–Kier alpha value is -6.64. The number of halogens is 8. The van der Waals surface area contributed by atoms with Crippen molar-refractivity contribution in [2.24, 2.45) is 0 Å². The van der Waals surface area contributed by atoms with Gasteiger partial charge in [-0.15, -0.1) is 49.6 Å². The molecule has 6 rings (SSSR count). The van der Waals surface area contributed by atoms with Crippen molar-refractivity contribution >= 4 is 36.4 Å². The van der Waals surface area contributed by atoms with E-state index in [0.717, 1.165) is 33.4 Å². The summed E-state index contributed by atoms with van der Waals surface area (Å²) in [6.07, 6.45) is 3.61. The molecule has 0 radical (unpaired) electrons. The van der Waals surface area contributed by atoms with Crippen molar-refractivity contribution in [3.8, 4) is 33.8 Å². The average Bonchev–Trinajstić information content (AvgIpc) is 3.17. The van der Waals surface area contributed by atoms with Crippen molar-refractivity contribution < 1.29 is 67.2 Å². The molecule has 0 saturated heterocycles. The second kappa shape index (κ2) is 21.6. The first-order chi connectivity index (χ1) is 26.8. The van der Waals surface area contributed by atoms with Crippen molar-refractivity contribution in [1.29, 1.82) is 0 Å². The summed E-state index contributed by atoms with van der Waals surface area (Å²) in [6, 6.07) is 36.7. The Morgan fingerprint density at radius 1 is 0.466 bits per heavy atom. The van der Waals surface area contributed by atoms with E-state index in [2.05, 4.69) is 20.3 Å². The summed E-state index contributed by atoms with van der Waals surface area (Å²) in [5, 5.41) is 0. The molecule has 0 bridgehead atoms. The van der Waals surface area contributed by atoms with Gasteiger partial charge in [-0.05, 0) is 69.8 Å². The van der Waals surface area contributed by atoms with Gasteiger partial charge in [-0.25, -0.2) is 0 Å². The Bertz CT molecular complexity index is 2080. The lowest BCUT2D eigenvalue weighted by molar-refractivity contribution is -0.642. The van der Waals surface area contributed by atoms with Gasteiger partial charge >= 0.3 is 12.7 Å². The standard InChI is InChI=1S/2C21H15F3N2O2.2ClH/c2*22-21(23,24)28-19-11-9-18(10-12-19)17-7-4-16(5-8-17)6-13-20(27)25-26-14-2-1-3-15-26;;/h2*1-15H;2*1H/p+1/b2*13-6+;;. The van der Waals surface area contributed by atoms with E-state index >= 15 is 0 Å². The van der Waals surface area contributed by atoms with Crippen molar-refractivity contribution in [2.75, 3.05) is 10.9 Å². The van der Waals surface area contributed by atoms with Crippen molar-refractivity contribution in [3.63, 3.8) is 0 Å². The molecule has 0 atom stereocenters. The monoisotopic (exact) mass is 841 g/mol. The van der Waals surface area contributed by atoms with Crippen LogP contribution < -0.4 is 42.1 Å². The van der Waals surface area contributed by atoms with Gasteiger partial charge in [0.2, 0.25) is 0 Å². The van der Waals surface area contributed by atoms with E-state index in [1.54, 1.807) is 94.8 Å². The van der Waals surface area contributed by atoms with Crippen LogP contribution in [0.3, 0.4) is 0 Å². The number of alkyl halides is 6. The molecule has 58 heavy (non-hydrogen) atoms. The van der Waals surface area contributed by atoms with Gasteiger partial charge in [0.15, 0.2) is 24.8 Å². The molecule has 6 aromatic rings. The number of carbonyl (C=O) groups is 2. The third-order valence-electron chi connectivity index (χ3n) is 7.43. The number of nitrogens with zero attached hydrogens (tertiary/aromatic N) is 2. The summed E-state index contributed by atoms with van der Waals surface area (Å²) in [6.45, 7) is 0. The molecule has 0 unspecified atom stereocenters. The number of benzene rings is 4. The zero-order valence-electron chi connectivity index (χ0n) is 29.9. The largest absolute Gasteiger partial charge is 1.00 e. The van der Waals surface area contributed by atoms with Crippen LogP contribution in [0.25, 0.3) is 34.4 Å². The maximum absolute atomic E-state index is 12.2. The third kappa shape index (κ3) is 15.8. The number of ether oxygens (including phenoxy) is 2. The molecule has 0 spiro atoms. The lowest BCUT2D eigenvalue weighted by atomic mass is 10.0. The summed E-state index contributed by atoms with van der Waals surface area (Å²) in [7, 11) is 0. The van der Waals surface area contributed by atoms with Gasteiger partial charge in [-0.2, -0.15) is 0 Å². The molecular weight excluding hydrogens is 809 g/mol. The van der Waals surface area contributed by atoms with E-state index < -0.39 is 12.7 Å². The average molecular weight is 843 g/mol. The molecule has 0 saturated carbocycles. The Labute approximate surface area is 341 Å². The van der Waals surface area contributed by atoms with E-state index in [9.17, 15) is 35.9 Å². The Morgan fingerprint density at radius 3 is 1.02 bits per heavy atom. The second-order valence-electron chi connectivity index (χ2n) is 11.6. The van der Waals surface area contributed by atoms with Gasteiger partial charge < -0.3 is 21.9 Å². The molecule has 16 heteroatoms. The molecule has 2 aromatic heterocycles. The van der Waals surface area contributed by atoms with Crippen LogP contribution in [-0.2, 0) is 9.59 Å². The highest BCUT2D eigenvalue weighted by Crippen LogP contribution is 2.28. The van der Waals surface area contributed by atoms with Gasteiger partial charge in [0.05, 0.1) is 0 Å². The number of hydrogen-bond acceptors (Lipinski definition) is 4. The molecule has 0 aliphatic heterocycles. The van der Waals surface area contributed by atoms with E-state index in [-0.39, 0.29) is 48.1 Å². The number of aromatic nitrogens is 2. The van der Waals surface area contributed by atoms with E-state index in [1.165, 1.54) is 36.4 Å². The summed E-state index contributed by atoms with van der Waals surface area (Å²) in [4.78, 5) is 23.8. The second-order valence-corrected chi connectivity index (χ2v) is 11.6. The minimum atomic E-state index is -4.71. The molecule has 2 heterocycles.